The topological polar surface area (TPSA) is 44.1 Å². The second kappa shape index (κ2) is 4.80. The van der Waals surface area contributed by atoms with Gasteiger partial charge in [-0.15, -0.1) is 16.4 Å². The Morgan fingerprint density at radius 2 is 2.25 bits per heavy atom. The standard InChI is InChI=1S/C10H9BrN2O2S/c1-15-9-4-5-10(14)13(12-9)6-7-2-3-8(11)16-7/h2-5H,6H2,1H3. The van der Waals surface area contributed by atoms with Gasteiger partial charge in [0, 0.05) is 17.0 Å². The summed E-state index contributed by atoms with van der Waals surface area (Å²) in [6, 6.07) is 6.92. The Kier molecular flexibility index (Phi) is 3.40. The molecule has 0 aliphatic heterocycles. The molecule has 0 atom stereocenters. The molecule has 0 aliphatic carbocycles. The molecule has 0 unspecified atom stereocenters. The van der Waals surface area contributed by atoms with E-state index in [2.05, 4.69) is 21.0 Å². The number of methoxy groups -OCH3 is 1. The third kappa shape index (κ3) is 2.51. The number of ether oxygens (including phenoxy) is 1. The molecular formula is C10H9BrN2O2S. The third-order valence-corrected chi connectivity index (χ3v) is 3.59. The molecule has 0 spiro atoms. The molecule has 16 heavy (non-hydrogen) atoms. The Morgan fingerprint density at radius 1 is 1.44 bits per heavy atom. The Labute approximate surface area is 105 Å². The summed E-state index contributed by atoms with van der Waals surface area (Å²) in [6.07, 6.45) is 0. The highest BCUT2D eigenvalue weighted by molar-refractivity contribution is 9.11. The smallest absolute Gasteiger partial charge is 0.267 e. The average Bonchev–Trinajstić information content (AvgIpc) is 2.67. The number of halogens is 1. The zero-order chi connectivity index (χ0) is 11.5. The predicted molar refractivity (Wildman–Crippen MR) is 66.2 cm³/mol. The Morgan fingerprint density at radius 3 is 2.88 bits per heavy atom. The van der Waals surface area contributed by atoms with Crippen LogP contribution >= 0.6 is 27.3 Å². The van der Waals surface area contributed by atoms with Crippen molar-refractivity contribution in [2.75, 3.05) is 7.11 Å². The van der Waals surface area contributed by atoms with Gasteiger partial charge >= 0.3 is 0 Å². The Hall–Kier alpha value is -1.14. The quantitative estimate of drug-likeness (QED) is 0.872. The Balaban J connectivity index is 2.30. The van der Waals surface area contributed by atoms with Gasteiger partial charge in [0.1, 0.15) is 0 Å². The molecule has 6 heteroatoms. The van der Waals surface area contributed by atoms with Gasteiger partial charge in [-0.2, -0.15) is 0 Å². The molecule has 84 valence electrons. The highest BCUT2D eigenvalue weighted by atomic mass is 79.9. The van der Waals surface area contributed by atoms with E-state index < -0.39 is 0 Å². The van der Waals surface area contributed by atoms with Gasteiger partial charge in [-0.25, -0.2) is 4.68 Å². The maximum absolute atomic E-state index is 11.5. The fourth-order valence-corrected chi connectivity index (χ4v) is 2.70. The normalized spacial score (nSPS) is 10.4. The summed E-state index contributed by atoms with van der Waals surface area (Å²) < 4.78 is 7.40. The minimum Gasteiger partial charge on any atom is -0.480 e. The molecule has 0 amide bonds. The SMILES string of the molecule is COc1ccc(=O)n(Cc2ccc(Br)s2)n1. The molecule has 0 bridgehead atoms. The first kappa shape index (κ1) is 11.3. The van der Waals surface area contributed by atoms with E-state index in [1.165, 1.54) is 17.9 Å². The van der Waals surface area contributed by atoms with Crippen LogP contribution in [0.5, 0.6) is 5.88 Å². The number of hydrogen-bond donors (Lipinski definition) is 0. The first-order chi connectivity index (χ1) is 7.69. The van der Waals surface area contributed by atoms with Gasteiger partial charge in [0.25, 0.3) is 5.56 Å². The third-order valence-electron chi connectivity index (χ3n) is 1.99. The van der Waals surface area contributed by atoms with E-state index in [0.29, 0.717) is 12.4 Å². The highest BCUT2D eigenvalue weighted by Crippen LogP contribution is 2.22. The van der Waals surface area contributed by atoms with E-state index in [-0.39, 0.29) is 5.56 Å². The van der Waals surface area contributed by atoms with Crippen LogP contribution in [-0.4, -0.2) is 16.9 Å². The van der Waals surface area contributed by atoms with Crippen molar-refractivity contribution in [3.8, 4) is 5.88 Å². The molecule has 0 fully saturated rings. The van der Waals surface area contributed by atoms with E-state index in [4.69, 9.17) is 4.74 Å². The second-order valence-corrected chi connectivity index (χ2v) is 5.62. The van der Waals surface area contributed by atoms with Crippen molar-refractivity contribution in [2.45, 2.75) is 6.54 Å². The van der Waals surface area contributed by atoms with Crippen LogP contribution in [0.25, 0.3) is 0 Å². The van der Waals surface area contributed by atoms with Crippen molar-refractivity contribution in [1.29, 1.82) is 0 Å². The van der Waals surface area contributed by atoms with Gasteiger partial charge in [-0.1, -0.05) is 0 Å². The lowest BCUT2D eigenvalue weighted by molar-refractivity contribution is 0.379. The first-order valence-electron chi connectivity index (χ1n) is 4.55. The van der Waals surface area contributed by atoms with Gasteiger partial charge in [0.05, 0.1) is 17.4 Å². The molecule has 2 heterocycles. The van der Waals surface area contributed by atoms with Crippen LogP contribution in [0.1, 0.15) is 4.88 Å². The Bertz CT molecular complexity index is 550. The lowest BCUT2D eigenvalue weighted by atomic mass is 10.4. The minimum atomic E-state index is -0.134. The van der Waals surface area contributed by atoms with E-state index in [1.54, 1.807) is 17.4 Å². The summed E-state index contributed by atoms with van der Waals surface area (Å²) >= 11 is 4.96. The number of rotatable bonds is 3. The minimum absolute atomic E-state index is 0.134. The number of thiophene rings is 1. The van der Waals surface area contributed by atoms with Gasteiger partial charge < -0.3 is 4.74 Å². The summed E-state index contributed by atoms with van der Waals surface area (Å²) in [5, 5.41) is 4.07. The van der Waals surface area contributed by atoms with Crippen LogP contribution in [0.3, 0.4) is 0 Å². The lowest BCUT2D eigenvalue weighted by Crippen LogP contribution is -2.22. The molecular weight excluding hydrogens is 292 g/mol. The zero-order valence-corrected chi connectivity index (χ0v) is 10.9. The van der Waals surface area contributed by atoms with E-state index >= 15 is 0 Å². The van der Waals surface area contributed by atoms with E-state index in [1.807, 2.05) is 12.1 Å². The molecule has 4 nitrogen and oxygen atoms in total. The predicted octanol–water partition coefficient (Wildman–Crippen LogP) is 2.12. The molecule has 0 radical (unpaired) electrons. The maximum atomic E-state index is 11.5. The van der Waals surface area contributed by atoms with Gasteiger partial charge in [-0.05, 0) is 28.1 Å². The van der Waals surface area contributed by atoms with Crippen molar-refractivity contribution >= 4 is 27.3 Å². The molecule has 2 aromatic heterocycles. The largest absolute Gasteiger partial charge is 0.480 e. The average molecular weight is 301 g/mol. The number of nitrogens with zero attached hydrogens (tertiary/aromatic N) is 2. The van der Waals surface area contributed by atoms with Gasteiger partial charge in [0.15, 0.2) is 0 Å². The van der Waals surface area contributed by atoms with Crippen molar-refractivity contribution in [1.82, 2.24) is 9.78 Å². The molecule has 0 saturated carbocycles. The van der Waals surface area contributed by atoms with E-state index in [0.717, 1.165) is 8.66 Å². The highest BCUT2D eigenvalue weighted by Gasteiger charge is 2.03. The summed E-state index contributed by atoms with van der Waals surface area (Å²) in [6.45, 7) is 0.465. The summed E-state index contributed by atoms with van der Waals surface area (Å²) in [5.74, 6) is 0.440. The van der Waals surface area contributed by atoms with Crippen LogP contribution < -0.4 is 10.3 Å². The van der Waals surface area contributed by atoms with Crippen molar-refractivity contribution < 1.29 is 4.74 Å². The molecule has 2 aromatic rings. The second-order valence-electron chi connectivity index (χ2n) is 3.08. The fourth-order valence-electron chi connectivity index (χ4n) is 1.24. The summed E-state index contributed by atoms with van der Waals surface area (Å²) in [4.78, 5) is 12.6. The number of hydrogen-bond acceptors (Lipinski definition) is 4. The molecule has 0 saturated heterocycles. The van der Waals surface area contributed by atoms with Gasteiger partial charge in [0.2, 0.25) is 5.88 Å². The molecule has 0 aliphatic rings. The van der Waals surface area contributed by atoms with Crippen molar-refractivity contribution in [3.05, 3.63) is 43.3 Å². The fraction of sp³-hybridized carbons (Fsp3) is 0.200. The van der Waals surface area contributed by atoms with Crippen molar-refractivity contribution in [3.63, 3.8) is 0 Å². The molecule has 0 N–H and O–H groups in total. The summed E-state index contributed by atoms with van der Waals surface area (Å²) in [7, 11) is 1.53. The zero-order valence-electron chi connectivity index (χ0n) is 8.51. The van der Waals surface area contributed by atoms with Crippen LogP contribution in [0.15, 0.2) is 32.8 Å². The van der Waals surface area contributed by atoms with E-state index in [9.17, 15) is 4.79 Å². The molecule has 0 aromatic carbocycles. The monoisotopic (exact) mass is 300 g/mol. The van der Waals surface area contributed by atoms with Crippen LogP contribution in [0.4, 0.5) is 0 Å². The van der Waals surface area contributed by atoms with Crippen LogP contribution in [0, 0.1) is 0 Å². The molecule has 2 rings (SSSR count). The first-order valence-corrected chi connectivity index (χ1v) is 6.16. The summed E-state index contributed by atoms with van der Waals surface area (Å²) in [5.41, 5.74) is -0.134. The van der Waals surface area contributed by atoms with Crippen molar-refractivity contribution in [2.24, 2.45) is 0 Å². The van der Waals surface area contributed by atoms with Crippen LogP contribution in [0.2, 0.25) is 0 Å². The lowest BCUT2D eigenvalue weighted by Gasteiger charge is -2.04. The van der Waals surface area contributed by atoms with Crippen LogP contribution in [-0.2, 0) is 6.54 Å². The van der Waals surface area contributed by atoms with Gasteiger partial charge in [-0.3, -0.25) is 4.79 Å². The maximum Gasteiger partial charge on any atom is 0.267 e. The number of aromatic nitrogens is 2.